The topological polar surface area (TPSA) is 67.1 Å². The lowest BCUT2D eigenvalue weighted by Gasteiger charge is -2.27. The minimum atomic E-state index is -0.114. The lowest BCUT2D eigenvalue weighted by Crippen LogP contribution is -2.34. The van der Waals surface area contributed by atoms with Crippen molar-refractivity contribution >= 4 is 0 Å². The van der Waals surface area contributed by atoms with Gasteiger partial charge in [-0.2, -0.15) is 0 Å². The molecule has 2 rings (SSSR count). The van der Waals surface area contributed by atoms with Crippen LogP contribution in [0.5, 0.6) is 0 Å². The van der Waals surface area contributed by atoms with E-state index in [9.17, 15) is 5.11 Å². The number of likely N-dealkylation sites (tertiary alicyclic amines) is 1. The minimum absolute atomic E-state index is 0.114. The maximum atomic E-state index is 9.28. The Morgan fingerprint density at radius 1 is 1.35 bits per heavy atom. The number of aliphatic hydroxyl groups is 1. The largest absolute Gasteiger partial charge is 0.395 e. The van der Waals surface area contributed by atoms with Crippen molar-refractivity contribution in [2.45, 2.75) is 51.2 Å². The maximum absolute atomic E-state index is 9.28. The predicted octanol–water partition coefficient (Wildman–Crippen LogP) is 0.556. The molecule has 1 fully saturated rings. The Bertz CT molecular complexity index is 383. The predicted molar refractivity (Wildman–Crippen MR) is 63.4 cm³/mol. The van der Waals surface area contributed by atoms with Crippen LogP contribution >= 0.6 is 0 Å². The van der Waals surface area contributed by atoms with Gasteiger partial charge in [-0.05, 0) is 51.1 Å². The molecule has 96 valence electrons. The second kappa shape index (κ2) is 4.34. The van der Waals surface area contributed by atoms with Gasteiger partial charge in [0.15, 0.2) is 5.82 Å². The van der Waals surface area contributed by atoms with E-state index in [0.29, 0.717) is 0 Å². The first kappa shape index (κ1) is 12.4. The summed E-state index contributed by atoms with van der Waals surface area (Å²) in [6.07, 6.45) is 1.99. The molecule has 0 spiro atoms. The van der Waals surface area contributed by atoms with Crippen molar-refractivity contribution in [2.75, 3.05) is 13.7 Å². The molecule has 1 N–H and O–H groups in total. The molecule has 0 amide bonds. The van der Waals surface area contributed by atoms with Gasteiger partial charge < -0.3 is 5.11 Å². The number of likely N-dealkylation sites (N-methyl/N-ethyl adjacent to an activating group) is 1. The Balaban J connectivity index is 2.27. The van der Waals surface area contributed by atoms with Gasteiger partial charge in [-0.1, -0.05) is 0 Å². The molecule has 1 aromatic heterocycles. The van der Waals surface area contributed by atoms with Crippen LogP contribution in [0.3, 0.4) is 0 Å². The molecule has 2 heterocycles. The Morgan fingerprint density at radius 2 is 2.06 bits per heavy atom. The highest BCUT2D eigenvalue weighted by atomic mass is 16.3. The third-order valence-electron chi connectivity index (χ3n) is 3.48. The number of aromatic nitrogens is 4. The Kier molecular flexibility index (Phi) is 3.18. The van der Waals surface area contributed by atoms with Gasteiger partial charge >= 0.3 is 0 Å². The van der Waals surface area contributed by atoms with Crippen molar-refractivity contribution in [1.82, 2.24) is 25.1 Å². The zero-order valence-electron chi connectivity index (χ0n) is 11.0. The molecule has 6 nitrogen and oxygen atoms in total. The van der Waals surface area contributed by atoms with Crippen molar-refractivity contribution in [3.8, 4) is 0 Å². The summed E-state index contributed by atoms with van der Waals surface area (Å²) in [6, 6.07) is 0.437. The van der Waals surface area contributed by atoms with Crippen molar-refractivity contribution in [3.63, 3.8) is 0 Å². The molecule has 1 aliphatic heterocycles. The summed E-state index contributed by atoms with van der Waals surface area (Å²) >= 11 is 0. The smallest absolute Gasteiger partial charge is 0.168 e. The summed E-state index contributed by atoms with van der Waals surface area (Å²) in [5.41, 5.74) is -0.114. The maximum Gasteiger partial charge on any atom is 0.168 e. The quantitative estimate of drug-likeness (QED) is 0.816. The van der Waals surface area contributed by atoms with Crippen LogP contribution in [-0.4, -0.2) is 49.9 Å². The monoisotopic (exact) mass is 239 g/mol. The summed E-state index contributed by atoms with van der Waals surface area (Å²) in [5, 5.41) is 21.3. The lowest BCUT2D eigenvalue weighted by atomic mass is 10.1. The standard InChI is InChI=1S/C11H21N5O/c1-11(2,3)16-10(12-13-14-16)9-6-5-8(7-17)15(9)4/h8-9,17H,5-7H2,1-4H3/t8-,9-/m0/s1. The zero-order valence-corrected chi connectivity index (χ0v) is 11.0. The van der Waals surface area contributed by atoms with Gasteiger partial charge in [-0.3, -0.25) is 4.90 Å². The van der Waals surface area contributed by atoms with Crippen molar-refractivity contribution in [3.05, 3.63) is 5.82 Å². The van der Waals surface area contributed by atoms with E-state index < -0.39 is 0 Å². The summed E-state index contributed by atoms with van der Waals surface area (Å²) in [7, 11) is 2.03. The molecular weight excluding hydrogens is 218 g/mol. The van der Waals surface area contributed by atoms with Gasteiger partial charge in [-0.25, -0.2) is 4.68 Å². The molecule has 1 saturated heterocycles. The highest BCUT2D eigenvalue weighted by Crippen LogP contribution is 2.34. The van der Waals surface area contributed by atoms with Crippen molar-refractivity contribution in [2.24, 2.45) is 0 Å². The summed E-state index contributed by atoms with van der Waals surface area (Å²) in [6.45, 7) is 6.46. The molecule has 0 unspecified atom stereocenters. The molecule has 0 bridgehead atoms. The first-order valence-corrected chi connectivity index (χ1v) is 6.06. The molecule has 2 atom stereocenters. The average Bonchev–Trinajstić information content (AvgIpc) is 2.82. The van der Waals surface area contributed by atoms with Crippen LogP contribution in [-0.2, 0) is 5.54 Å². The highest BCUT2D eigenvalue weighted by Gasteiger charge is 2.36. The normalized spacial score (nSPS) is 26.6. The van der Waals surface area contributed by atoms with Gasteiger partial charge in [0, 0.05) is 6.04 Å². The fourth-order valence-corrected chi connectivity index (χ4v) is 2.42. The second-order valence-corrected chi connectivity index (χ2v) is 5.71. The van der Waals surface area contributed by atoms with Crippen molar-refractivity contribution in [1.29, 1.82) is 0 Å². The molecule has 6 heteroatoms. The van der Waals surface area contributed by atoms with Crippen LogP contribution < -0.4 is 0 Å². The Labute approximate surface area is 102 Å². The van der Waals surface area contributed by atoms with Crippen LogP contribution in [0.15, 0.2) is 0 Å². The minimum Gasteiger partial charge on any atom is -0.395 e. The summed E-state index contributed by atoms with van der Waals surface area (Å²) < 4.78 is 1.88. The lowest BCUT2D eigenvalue weighted by molar-refractivity contribution is 0.148. The molecule has 1 aliphatic rings. The van der Waals surface area contributed by atoms with E-state index in [1.165, 1.54) is 0 Å². The van der Waals surface area contributed by atoms with E-state index in [-0.39, 0.29) is 24.2 Å². The van der Waals surface area contributed by atoms with E-state index >= 15 is 0 Å². The number of hydrogen-bond acceptors (Lipinski definition) is 5. The number of tetrazole rings is 1. The fraction of sp³-hybridized carbons (Fsp3) is 0.909. The van der Waals surface area contributed by atoms with E-state index in [0.717, 1.165) is 18.7 Å². The van der Waals surface area contributed by atoms with Crippen LogP contribution in [0.1, 0.15) is 45.5 Å². The van der Waals surface area contributed by atoms with Crippen LogP contribution in [0, 0.1) is 0 Å². The van der Waals surface area contributed by atoms with Crippen LogP contribution in [0.25, 0.3) is 0 Å². The van der Waals surface area contributed by atoms with Gasteiger partial charge in [0.1, 0.15) is 0 Å². The molecule has 0 radical (unpaired) electrons. The second-order valence-electron chi connectivity index (χ2n) is 5.71. The first-order valence-electron chi connectivity index (χ1n) is 6.06. The molecule has 17 heavy (non-hydrogen) atoms. The molecule has 1 aromatic rings. The number of aliphatic hydroxyl groups excluding tert-OH is 1. The van der Waals surface area contributed by atoms with Crippen LogP contribution in [0.2, 0.25) is 0 Å². The third kappa shape index (κ3) is 2.19. The van der Waals surface area contributed by atoms with E-state index in [2.05, 4.69) is 41.2 Å². The first-order chi connectivity index (χ1) is 7.95. The Hall–Kier alpha value is -1.01. The summed E-state index contributed by atoms with van der Waals surface area (Å²) in [4.78, 5) is 2.17. The zero-order chi connectivity index (χ0) is 12.6. The van der Waals surface area contributed by atoms with E-state index in [1.807, 2.05) is 11.7 Å². The molecule has 0 saturated carbocycles. The van der Waals surface area contributed by atoms with Crippen LogP contribution in [0.4, 0.5) is 0 Å². The average molecular weight is 239 g/mol. The highest BCUT2D eigenvalue weighted by molar-refractivity contribution is 5.01. The molecule has 0 aromatic carbocycles. The van der Waals surface area contributed by atoms with Gasteiger partial charge in [-0.15, -0.1) is 5.10 Å². The number of nitrogens with zero attached hydrogens (tertiary/aromatic N) is 5. The fourth-order valence-electron chi connectivity index (χ4n) is 2.42. The van der Waals surface area contributed by atoms with Gasteiger partial charge in [0.25, 0.3) is 0 Å². The van der Waals surface area contributed by atoms with Gasteiger partial charge in [0.05, 0.1) is 18.2 Å². The van der Waals surface area contributed by atoms with E-state index in [4.69, 9.17) is 0 Å². The number of hydrogen-bond donors (Lipinski definition) is 1. The number of rotatable bonds is 2. The molecular formula is C11H21N5O. The SMILES string of the molecule is CN1[C@H](CO)CC[C@H]1c1nnnn1C(C)(C)C. The molecule has 0 aliphatic carbocycles. The van der Waals surface area contributed by atoms with Crippen molar-refractivity contribution < 1.29 is 5.11 Å². The third-order valence-corrected chi connectivity index (χ3v) is 3.48. The van der Waals surface area contributed by atoms with Gasteiger partial charge in [0.2, 0.25) is 0 Å². The Morgan fingerprint density at radius 3 is 2.59 bits per heavy atom. The summed E-state index contributed by atoms with van der Waals surface area (Å²) in [5.74, 6) is 0.899. The van der Waals surface area contributed by atoms with E-state index in [1.54, 1.807) is 0 Å².